The Bertz CT molecular complexity index is 916. The lowest BCUT2D eigenvalue weighted by atomic mass is 10.3. The molecule has 0 amide bonds. The molecular weight excluding hydrogens is 352 g/mol. The number of halogens is 1. The van der Waals surface area contributed by atoms with Crippen LogP contribution in [0.25, 0.3) is 11.2 Å². The van der Waals surface area contributed by atoms with Crippen molar-refractivity contribution in [1.82, 2.24) is 24.5 Å². The number of hydrogen-bond donors (Lipinski definition) is 2. The molecule has 1 aromatic carbocycles. The van der Waals surface area contributed by atoms with Gasteiger partial charge >= 0.3 is 0 Å². The van der Waals surface area contributed by atoms with Gasteiger partial charge in [-0.2, -0.15) is 9.97 Å². The van der Waals surface area contributed by atoms with Crippen molar-refractivity contribution in [3.63, 3.8) is 0 Å². The summed E-state index contributed by atoms with van der Waals surface area (Å²) in [6.45, 7) is 6.01. The number of nitrogens with one attached hydrogen (secondary N) is 1. The lowest BCUT2D eigenvalue weighted by Gasteiger charge is -2.32. The van der Waals surface area contributed by atoms with E-state index in [0.29, 0.717) is 16.8 Å². The molecule has 4 rings (SSSR count). The molecule has 0 bridgehead atoms. The van der Waals surface area contributed by atoms with Crippen LogP contribution in [0.1, 0.15) is 6.92 Å². The Morgan fingerprint density at radius 2 is 2.00 bits per heavy atom. The molecule has 1 saturated heterocycles. The zero-order chi connectivity index (χ0) is 18.1. The van der Waals surface area contributed by atoms with Crippen LogP contribution >= 0.6 is 11.6 Å². The molecule has 0 saturated carbocycles. The first kappa shape index (κ1) is 17.0. The Morgan fingerprint density at radius 3 is 2.73 bits per heavy atom. The summed E-state index contributed by atoms with van der Waals surface area (Å²) in [5, 5.41) is 5.82. The lowest BCUT2D eigenvalue weighted by molar-refractivity contribution is 0.265. The fraction of sp³-hybridized carbons (Fsp3) is 0.353. The summed E-state index contributed by atoms with van der Waals surface area (Å²) in [6.07, 6.45) is 1.80. The number of rotatable bonds is 4. The summed E-state index contributed by atoms with van der Waals surface area (Å²) in [5.74, 6) is 7.23. The van der Waals surface area contributed by atoms with Gasteiger partial charge in [-0.3, -0.25) is 5.84 Å². The van der Waals surface area contributed by atoms with Crippen LogP contribution in [0.3, 0.4) is 0 Å². The fourth-order valence-electron chi connectivity index (χ4n) is 3.02. The minimum atomic E-state index is 0.665. The number of piperazine rings is 1. The fourth-order valence-corrected chi connectivity index (χ4v) is 3.21. The van der Waals surface area contributed by atoms with E-state index in [1.807, 2.05) is 33.8 Å². The van der Waals surface area contributed by atoms with Gasteiger partial charge in [0.15, 0.2) is 17.0 Å². The molecule has 0 spiro atoms. The van der Waals surface area contributed by atoms with Crippen LogP contribution < -0.4 is 16.1 Å². The normalized spacial score (nSPS) is 15.6. The Balaban J connectivity index is 1.76. The number of aryl methyl sites for hydroxylation is 1. The zero-order valence-corrected chi connectivity index (χ0v) is 15.3. The highest BCUT2D eigenvalue weighted by atomic mass is 35.5. The minimum absolute atomic E-state index is 0.665. The summed E-state index contributed by atoms with van der Waals surface area (Å²) in [7, 11) is 0. The standard InChI is InChI=1S/C17H21ClN8/c1-2-24-11-20-14-15(21-13-5-3-4-12(18)10-13)22-17(23-16(14)24)25-6-8-26(19)9-7-25/h3-5,10-11H,2,6-9,19H2,1H3,(H,21,22,23). The molecule has 8 nitrogen and oxygen atoms in total. The third-order valence-corrected chi connectivity index (χ3v) is 4.71. The Hall–Kier alpha value is -2.42. The SMILES string of the molecule is CCn1cnc2c(Nc3cccc(Cl)c3)nc(N3CCN(N)CC3)nc21. The van der Waals surface area contributed by atoms with E-state index in [9.17, 15) is 0 Å². The van der Waals surface area contributed by atoms with Crippen molar-refractivity contribution in [2.24, 2.45) is 5.84 Å². The van der Waals surface area contributed by atoms with Crippen LogP contribution in [0.4, 0.5) is 17.5 Å². The third-order valence-electron chi connectivity index (χ3n) is 4.48. The average molecular weight is 373 g/mol. The van der Waals surface area contributed by atoms with Gasteiger partial charge in [-0.25, -0.2) is 9.99 Å². The lowest BCUT2D eigenvalue weighted by Crippen LogP contribution is -2.49. The van der Waals surface area contributed by atoms with Crippen LogP contribution in [0.5, 0.6) is 0 Å². The Labute approximate surface area is 156 Å². The van der Waals surface area contributed by atoms with E-state index in [4.69, 9.17) is 27.4 Å². The number of hydrogen-bond acceptors (Lipinski definition) is 7. The first-order valence-electron chi connectivity index (χ1n) is 8.64. The number of hydrazine groups is 1. The van der Waals surface area contributed by atoms with Gasteiger partial charge in [0.25, 0.3) is 0 Å². The minimum Gasteiger partial charge on any atom is -0.338 e. The first-order chi connectivity index (χ1) is 12.6. The predicted octanol–water partition coefficient (Wildman–Crippen LogP) is 2.24. The second kappa shape index (κ2) is 7.06. The Kier molecular flexibility index (Phi) is 4.62. The van der Waals surface area contributed by atoms with E-state index >= 15 is 0 Å². The number of benzene rings is 1. The van der Waals surface area contributed by atoms with E-state index in [1.54, 1.807) is 6.33 Å². The van der Waals surface area contributed by atoms with E-state index in [1.165, 1.54) is 0 Å². The third kappa shape index (κ3) is 3.31. The highest BCUT2D eigenvalue weighted by Crippen LogP contribution is 2.27. The van der Waals surface area contributed by atoms with E-state index in [0.717, 1.165) is 49.6 Å². The van der Waals surface area contributed by atoms with E-state index in [-0.39, 0.29) is 0 Å². The molecule has 3 N–H and O–H groups in total. The second-order valence-electron chi connectivity index (χ2n) is 6.23. The smallest absolute Gasteiger partial charge is 0.229 e. The maximum Gasteiger partial charge on any atom is 0.229 e. The van der Waals surface area contributed by atoms with Gasteiger partial charge in [-0.05, 0) is 25.1 Å². The van der Waals surface area contributed by atoms with Crippen LogP contribution in [-0.2, 0) is 6.54 Å². The largest absolute Gasteiger partial charge is 0.338 e. The van der Waals surface area contributed by atoms with Crippen molar-refractivity contribution in [3.8, 4) is 0 Å². The van der Waals surface area contributed by atoms with Gasteiger partial charge < -0.3 is 14.8 Å². The summed E-state index contributed by atoms with van der Waals surface area (Å²) >= 11 is 6.11. The monoisotopic (exact) mass is 372 g/mol. The second-order valence-corrected chi connectivity index (χ2v) is 6.67. The number of imidazole rings is 1. The quantitative estimate of drug-likeness (QED) is 0.679. The summed E-state index contributed by atoms with van der Waals surface area (Å²) in [4.78, 5) is 16.2. The van der Waals surface area contributed by atoms with Gasteiger partial charge in [0.05, 0.1) is 6.33 Å². The molecule has 0 radical (unpaired) electrons. The van der Waals surface area contributed by atoms with Gasteiger partial charge in [0, 0.05) is 43.4 Å². The van der Waals surface area contributed by atoms with Crippen LogP contribution in [0.2, 0.25) is 5.02 Å². The van der Waals surface area contributed by atoms with Crippen molar-refractivity contribution in [2.75, 3.05) is 36.4 Å². The average Bonchev–Trinajstić information content (AvgIpc) is 3.06. The molecule has 1 aliphatic rings. The van der Waals surface area contributed by atoms with Gasteiger partial charge in [-0.15, -0.1) is 0 Å². The number of fused-ring (bicyclic) bond motifs is 1. The molecule has 3 aromatic rings. The molecule has 0 atom stereocenters. The highest BCUT2D eigenvalue weighted by molar-refractivity contribution is 6.30. The van der Waals surface area contributed by atoms with Crippen LogP contribution in [0, 0.1) is 0 Å². The van der Waals surface area contributed by atoms with Crippen LogP contribution in [0.15, 0.2) is 30.6 Å². The summed E-state index contributed by atoms with van der Waals surface area (Å²) < 4.78 is 2.02. The van der Waals surface area contributed by atoms with Crippen molar-refractivity contribution in [2.45, 2.75) is 13.5 Å². The maximum atomic E-state index is 6.11. The Morgan fingerprint density at radius 1 is 1.19 bits per heavy atom. The number of anilines is 3. The van der Waals surface area contributed by atoms with Crippen molar-refractivity contribution >= 4 is 40.2 Å². The van der Waals surface area contributed by atoms with Crippen molar-refractivity contribution in [1.29, 1.82) is 0 Å². The molecule has 2 aromatic heterocycles. The maximum absolute atomic E-state index is 6.11. The highest BCUT2D eigenvalue weighted by Gasteiger charge is 2.20. The number of nitrogens with two attached hydrogens (primary N) is 1. The summed E-state index contributed by atoms with van der Waals surface area (Å²) in [5.41, 5.74) is 2.42. The molecule has 0 unspecified atom stereocenters. The molecule has 0 aliphatic carbocycles. The molecule has 1 fully saturated rings. The topological polar surface area (TPSA) is 88.1 Å². The van der Waals surface area contributed by atoms with E-state index in [2.05, 4.69) is 22.1 Å². The van der Waals surface area contributed by atoms with Gasteiger partial charge in [-0.1, -0.05) is 17.7 Å². The molecule has 136 valence electrons. The van der Waals surface area contributed by atoms with Crippen molar-refractivity contribution < 1.29 is 0 Å². The van der Waals surface area contributed by atoms with E-state index < -0.39 is 0 Å². The first-order valence-corrected chi connectivity index (χ1v) is 9.02. The molecule has 3 heterocycles. The number of nitrogens with zero attached hydrogens (tertiary/aromatic N) is 6. The number of aromatic nitrogens is 4. The zero-order valence-electron chi connectivity index (χ0n) is 14.6. The molecule has 26 heavy (non-hydrogen) atoms. The van der Waals surface area contributed by atoms with Gasteiger partial charge in [0.2, 0.25) is 5.95 Å². The molecular formula is C17H21ClN8. The van der Waals surface area contributed by atoms with Crippen LogP contribution in [-0.4, -0.2) is 50.7 Å². The molecule has 9 heteroatoms. The predicted molar refractivity (Wildman–Crippen MR) is 104 cm³/mol. The van der Waals surface area contributed by atoms with Crippen molar-refractivity contribution in [3.05, 3.63) is 35.6 Å². The van der Waals surface area contributed by atoms with Gasteiger partial charge in [0.1, 0.15) is 0 Å². The summed E-state index contributed by atoms with van der Waals surface area (Å²) in [6, 6.07) is 7.55. The molecule has 1 aliphatic heterocycles.